The van der Waals surface area contributed by atoms with Crippen molar-refractivity contribution in [1.29, 1.82) is 0 Å². The van der Waals surface area contributed by atoms with Gasteiger partial charge in [0.15, 0.2) is 0 Å². The Kier molecular flexibility index (Phi) is 15.3. The SMILES string of the molecule is C=C/C=C\C(=C/CC)n1c2ccccc2c2ccc(N(c3ccccc3)c3ccc(C)c(O/C(=C/C(=C/C(=C\C)c4ccc(N(c5ccccc5)c5ccc6c7ccccc7n(-c7ccccc7)c6c5)cc4O)CC)CC)c3)cc21. The molecule has 80 heavy (non-hydrogen) atoms. The minimum Gasteiger partial charge on any atom is -0.507 e. The quantitative estimate of drug-likeness (QED) is 0.0687. The average Bonchev–Trinajstić information content (AvgIpc) is 4.17. The summed E-state index contributed by atoms with van der Waals surface area (Å²) in [7, 11) is 0. The van der Waals surface area contributed by atoms with Gasteiger partial charge in [-0.3, -0.25) is 0 Å². The standard InChI is InChI=1S/C74H66N4O2/c1-7-12-27-55(26-8-2)77-69-36-24-22-34-65(69)67-45-42-60(49-71(67)77)76(57-30-18-14-19-31-57)62-39-38-52(6)74(51-62)80-63(11-5)47-53(9-3)46-54(10-4)64-43-40-61(50-73(64)79)75(56-28-16-13-17-29-56)59-41-44-68-66-35-23-25-37-70(66)78(72(68)48-59)58-32-20-15-21-33-58/h7,10,12-51,79H,1,8-9,11H2,2-6H3/b27-12-,53-46+,54-10+,55-26+,63-47+. The van der Waals surface area contributed by atoms with Crippen LogP contribution in [0.25, 0.3) is 60.6 Å². The number of anilines is 6. The maximum absolute atomic E-state index is 12.1. The van der Waals surface area contributed by atoms with E-state index in [1.807, 2.05) is 37.3 Å². The number of rotatable bonds is 18. The molecule has 0 bridgehead atoms. The van der Waals surface area contributed by atoms with E-state index in [2.05, 4.69) is 278 Å². The highest BCUT2D eigenvalue weighted by atomic mass is 16.5. The van der Waals surface area contributed by atoms with E-state index in [0.717, 1.165) is 114 Å². The number of phenols is 1. The molecule has 0 amide bonds. The molecule has 0 saturated carbocycles. The molecule has 11 aromatic rings. The first kappa shape index (κ1) is 52.3. The molecule has 0 spiro atoms. The topological polar surface area (TPSA) is 45.8 Å². The minimum absolute atomic E-state index is 0.192. The summed E-state index contributed by atoms with van der Waals surface area (Å²) in [5.41, 5.74) is 16.4. The van der Waals surface area contributed by atoms with Crippen molar-refractivity contribution >= 4 is 89.0 Å². The van der Waals surface area contributed by atoms with E-state index in [0.29, 0.717) is 6.42 Å². The van der Waals surface area contributed by atoms with Crippen molar-refractivity contribution in [3.8, 4) is 17.2 Å². The number of fused-ring (bicyclic) bond motifs is 6. The first-order valence-corrected chi connectivity index (χ1v) is 27.8. The van der Waals surface area contributed by atoms with Crippen molar-refractivity contribution in [3.05, 3.63) is 284 Å². The molecule has 6 nitrogen and oxygen atoms in total. The van der Waals surface area contributed by atoms with E-state index < -0.39 is 0 Å². The van der Waals surface area contributed by atoms with Crippen LogP contribution in [0, 0.1) is 6.92 Å². The summed E-state index contributed by atoms with van der Waals surface area (Å²) in [6, 6.07) is 74.6. The molecule has 2 heterocycles. The van der Waals surface area contributed by atoms with Crippen LogP contribution in [0.3, 0.4) is 0 Å². The highest BCUT2D eigenvalue weighted by Crippen LogP contribution is 2.44. The van der Waals surface area contributed by atoms with Crippen LogP contribution in [0.2, 0.25) is 0 Å². The summed E-state index contributed by atoms with van der Waals surface area (Å²) in [6.07, 6.45) is 17.0. The van der Waals surface area contributed by atoms with Crippen molar-refractivity contribution < 1.29 is 9.84 Å². The largest absolute Gasteiger partial charge is 0.507 e. The zero-order valence-electron chi connectivity index (χ0n) is 46.2. The molecule has 0 aliphatic carbocycles. The molecule has 11 rings (SSSR count). The predicted octanol–water partition coefficient (Wildman–Crippen LogP) is 21.0. The number of hydrogen-bond donors (Lipinski definition) is 1. The zero-order chi connectivity index (χ0) is 55.1. The van der Waals surface area contributed by atoms with E-state index in [9.17, 15) is 5.11 Å². The fourth-order valence-corrected chi connectivity index (χ4v) is 11.0. The van der Waals surface area contributed by atoms with Gasteiger partial charge >= 0.3 is 0 Å². The van der Waals surface area contributed by atoms with Gasteiger partial charge in [-0.15, -0.1) is 0 Å². The first-order chi connectivity index (χ1) is 39.3. The summed E-state index contributed by atoms with van der Waals surface area (Å²) >= 11 is 0. The number of aryl methyl sites for hydroxylation is 1. The fourth-order valence-electron chi connectivity index (χ4n) is 11.0. The molecule has 394 valence electrons. The highest BCUT2D eigenvalue weighted by Gasteiger charge is 2.21. The Hall–Kier alpha value is -9.78. The lowest BCUT2D eigenvalue weighted by molar-refractivity contribution is 0.406. The lowest BCUT2D eigenvalue weighted by atomic mass is 9.99. The van der Waals surface area contributed by atoms with Gasteiger partial charge in [0, 0.05) is 91.2 Å². The predicted molar refractivity (Wildman–Crippen MR) is 341 cm³/mol. The molecule has 0 radical (unpaired) electrons. The van der Waals surface area contributed by atoms with Gasteiger partial charge in [-0.05, 0) is 147 Å². The van der Waals surface area contributed by atoms with Gasteiger partial charge in [0.1, 0.15) is 17.3 Å². The molecule has 0 unspecified atom stereocenters. The Bertz CT molecular complexity index is 4210. The molecule has 0 atom stereocenters. The van der Waals surface area contributed by atoms with Crippen LogP contribution in [-0.2, 0) is 0 Å². The maximum atomic E-state index is 12.1. The third kappa shape index (κ3) is 10.3. The van der Waals surface area contributed by atoms with E-state index in [-0.39, 0.29) is 5.75 Å². The number of ether oxygens (including phenoxy) is 1. The van der Waals surface area contributed by atoms with E-state index >= 15 is 0 Å². The minimum atomic E-state index is 0.192. The average molecular weight is 1040 g/mol. The Balaban J connectivity index is 0.919. The van der Waals surface area contributed by atoms with E-state index in [4.69, 9.17) is 4.74 Å². The Morgan fingerprint density at radius 3 is 1.69 bits per heavy atom. The fraction of sp³-hybridized carbons (Fsp3) is 0.108. The van der Waals surface area contributed by atoms with Crippen LogP contribution in [0.4, 0.5) is 34.1 Å². The number of aromatic hydroxyl groups is 1. The lowest BCUT2D eigenvalue weighted by Crippen LogP contribution is -2.10. The van der Waals surface area contributed by atoms with Gasteiger partial charge in [0.25, 0.3) is 0 Å². The molecule has 0 aliphatic rings. The van der Waals surface area contributed by atoms with Crippen LogP contribution < -0.4 is 14.5 Å². The molecule has 1 N–H and O–H groups in total. The summed E-state index contributed by atoms with van der Waals surface area (Å²) in [6.45, 7) is 14.6. The number of phenolic OH excluding ortho intramolecular Hbond substituents is 1. The normalized spacial score (nSPS) is 12.6. The lowest BCUT2D eigenvalue weighted by Gasteiger charge is -2.27. The van der Waals surface area contributed by atoms with E-state index in [1.54, 1.807) is 0 Å². The van der Waals surface area contributed by atoms with Gasteiger partial charge in [0.05, 0.1) is 22.1 Å². The Morgan fingerprint density at radius 1 is 0.537 bits per heavy atom. The molecular formula is C74H66N4O2. The van der Waals surface area contributed by atoms with Gasteiger partial charge < -0.3 is 28.8 Å². The van der Waals surface area contributed by atoms with Gasteiger partial charge in [-0.25, -0.2) is 0 Å². The number of benzene rings is 9. The molecular weight excluding hydrogens is 977 g/mol. The Morgan fingerprint density at radius 2 is 1.07 bits per heavy atom. The van der Waals surface area contributed by atoms with Crippen molar-refractivity contribution in [3.63, 3.8) is 0 Å². The monoisotopic (exact) mass is 1040 g/mol. The number of allylic oxidation sites excluding steroid dienone is 11. The van der Waals surface area contributed by atoms with Gasteiger partial charge in [-0.1, -0.05) is 167 Å². The van der Waals surface area contributed by atoms with Crippen molar-refractivity contribution in [2.24, 2.45) is 0 Å². The summed E-state index contributed by atoms with van der Waals surface area (Å²) < 4.78 is 11.7. The third-order valence-electron chi connectivity index (χ3n) is 14.9. The van der Waals surface area contributed by atoms with Gasteiger partial charge in [-0.2, -0.15) is 0 Å². The second-order valence-electron chi connectivity index (χ2n) is 20.0. The van der Waals surface area contributed by atoms with Crippen molar-refractivity contribution in [2.45, 2.75) is 53.9 Å². The van der Waals surface area contributed by atoms with Crippen LogP contribution in [0.1, 0.15) is 58.1 Å². The highest BCUT2D eigenvalue weighted by molar-refractivity contribution is 6.12. The summed E-state index contributed by atoms with van der Waals surface area (Å²) in [5, 5.41) is 16.9. The van der Waals surface area contributed by atoms with E-state index in [1.165, 1.54) is 21.5 Å². The van der Waals surface area contributed by atoms with Crippen LogP contribution in [0.5, 0.6) is 11.5 Å². The molecule has 0 aliphatic heterocycles. The maximum Gasteiger partial charge on any atom is 0.131 e. The third-order valence-corrected chi connectivity index (χ3v) is 14.9. The molecule has 2 aromatic heterocycles. The molecule has 0 saturated heterocycles. The molecule has 6 heteroatoms. The summed E-state index contributed by atoms with van der Waals surface area (Å²) in [5.74, 6) is 1.82. The first-order valence-electron chi connectivity index (χ1n) is 27.8. The second kappa shape index (κ2) is 23.4. The number of nitrogens with zero attached hydrogens (tertiary/aromatic N) is 4. The summed E-state index contributed by atoms with van der Waals surface area (Å²) in [4.78, 5) is 4.52. The number of aromatic nitrogens is 2. The van der Waals surface area contributed by atoms with Gasteiger partial charge in [0.2, 0.25) is 0 Å². The van der Waals surface area contributed by atoms with Crippen LogP contribution in [-0.4, -0.2) is 14.2 Å². The Labute approximate surface area is 470 Å². The molecule has 0 fully saturated rings. The zero-order valence-corrected chi connectivity index (χ0v) is 46.2. The van der Waals surface area contributed by atoms with Crippen molar-refractivity contribution in [2.75, 3.05) is 9.80 Å². The molecule has 9 aromatic carbocycles. The van der Waals surface area contributed by atoms with Crippen LogP contribution in [0.15, 0.2) is 273 Å². The number of para-hydroxylation sites is 5. The van der Waals surface area contributed by atoms with Crippen molar-refractivity contribution in [1.82, 2.24) is 9.13 Å². The second-order valence-corrected chi connectivity index (χ2v) is 20.0. The number of hydrogen-bond acceptors (Lipinski definition) is 4. The smallest absolute Gasteiger partial charge is 0.131 e. The van der Waals surface area contributed by atoms with Crippen LogP contribution >= 0.6 is 0 Å².